The minimum atomic E-state index is -2.34. The molecule has 1 aliphatic heterocycles. The summed E-state index contributed by atoms with van der Waals surface area (Å²) in [5.74, 6) is 0. The van der Waals surface area contributed by atoms with Gasteiger partial charge in [-0.05, 0) is 19.3 Å². The minimum Gasteiger partial charge on any atom is -0.377 e. The molecule has 1 aliphatic rings. The third-order valence-corrected chi connectivity index (χ3v) is 5.82. The Kier molecular flexibility index (Phi) is 6.53. The van der Waals surface area contributed by atoms with Crippen LogP contribution >= 0.6 is 0 Å². The largest absolute Gasteiger partial charge is 0.500 e. The summed E-state index contributed by atoms with van der Waals surface area (Å²) >= 11 is 0. The maximum Gasteiger partial charge on any atom is 0.500 e. The fraction of sp³-hybridized carbons (Fsp3) is 1.00. The van der Waals surface area contributed by atoms with Crippen molar-refractivity contribution in [3.8, 4) is 0 Å². The summed E-state index contributed by atoms with van der Waals surface area (Å²) in [7, 11) is 1.03. The predicted molar refractivity (Wildman–Crippen MR) is 64.4 cm³/mol. The van der Waals surface area contributed by atoms with Crippen molar-refractivity contribution in [1.82, 2.24) is 0 Å². The van der Waals surface area contributed by atoms with Gasteiger partial charge in [-0.25, -0.2) is 0 Å². The van der Waals surface area contributed by atoms with Crippen molar-refractivity contribution in [2.24, 2.45) is 0 Å². The summed E-state index contributed by atoms with van der Waals surface area (Å²) in [4.78, 5) is 0. The van der Waals surface area contributed by atoms with Gasteiger partial charge >= 0.3 is 8.80 Å². The van der Waals surface area contributed by atoms with E-state index in [1.165, 1.54) is 0 Å². The van der Waals surface area contributed by atoms with E-state index in [1.807, 2.05) is 0 Å². The zero-order valence-electron chi connectivity index (χ0n) is 10.7. The third kappa shape index (κ3) is 4.93. The third-order valence-electron chi connectivity index (χ3n) is 2.82. The van der Waals surface area contributed by atoms with Crippen molar-refractivity contribution < 1.29 is 18.0 Å². The summed E-state index contributed by atoms with van der Waals surface area (Å²) in [6, 6.07) is 0.895. The Morgan fingerprint density at radius 3 is 2.44 bits per heavy atom. The van der Waals surface area contributed by atoms with Gasteiger partial charge in [-0.3, -0.25) is 0 Å². The molecule has 0 aromatic carbocycles. The highest BCUT2D eigenvalue weighted by molar-refractivity contribution is 6.60. The van der Waals surface area contributed by atoms with Crippen LogP contribution in [0.3, 0.4) is 0 Å². The molecule has 4 nitrogen and oxygen atoms in total. The lowest BCUT2D eigenvalue weighted by Crippen LogP contribution is -2.43. The maximum absolute atomic E-state index is 5.82. The first-order valence-corrected chi connectivity index (χ1v) is 8.05. The first-order valence-electron chi connectivity index (χ1n) is 6.12. The van der Waals surface area contributed by atoms with E-state index in [2.05, 4.69) is 6.92 Å². The molecule has 1 saturated heterocycles. The Labute approximate surface area is 99.6 Å². The van der Waals surface area contributed by atoms with Crippen LogP contribution in [0.1, 0.15) is 32.6 Å². The number of hydrogen-bond acceptors (Lipinski definition) is 4. The SMILES string of the molecule is CCC[Si](OC)(OC)OCCCCC1CO1. The van der Waals surface area contributed by atoms with Gasteiger partial charge < -0.3 is 18.0 Å². The van der Waals surface area contributed by atoms with E-state index in [1.54, 1.807) is 14.2 Å². The first-order chi connectivity index (χ1) is 7.76. The van der Waals surface area contributed by atoms with E-state index < -0.39 is 8.80 Å². The lowest BCUT2D eigenvalue weighted by Gasteiger charge is -2.25. The standard InChI is InChI=1S/C11H24O4Si/c1-4-9-16(12-2,13-3)15-8-6-5-7-11-10-14-11/h11H,4-10H2,1-3H3. The van der Waals surface area contributed by atoms with Gasteiger partial charge in [-0.2, -0.15) is 0 Å². The lowest BCUT2D eigenvalue weighted by molar-refractivity contribution is 0.0960. The number of rotatable bonds is 10. The van der Waals surface area contributed by atoms with Gasteiger partial charge in [0.05, 0.1) is 12.7 Å². The Hall–Kier alpha value is 0.0569. The fourth-order valence-corrected chi connectivity index (χ4v) is 3.74. The molecule has 5 heteroatoms. The molecule has 0 spiro atoms. The smallest absolute Gasteiger partial charge is 0.377 e. The van der Waals surface area contributed by atoms with Crippen LogP contribution in [0.2, 0.25) is 6.04 Å². The Balaban J connectivity index is 2.09. The number of ether oxygens (including phenoxy) is 1. The molecule has 0 bridgehead atoms. The molecule has 1 atom stereocenters. The maximum atomic E-state index is 5.82. The van der Waals surface area contributed by atoms with Crippen LogP contribution in [-0.4, -0.2) is 42.3 Å². The molecular weight excluding hydrogens is 224 g/mol. The average molecular weight is 248 g/mol. The van der Waals surface area contributed by atoms with Crippen molar-refractivity contribution in [2.75, 3.05) is 27.4 Å². The van der Waals surface area contributed by atoms with Crippen LogP contribution in [0.15, 0.2) is 0 Å². The quantitative estimate of drug-likeness (QED) is 0.338. The van der Waals surface area contributed by atoms with E-state index in [-0.39, 0.29) is 0 Å². The molecule has 0 aromatic heterocycles. The molecule has 0 radical (unpaired) electrons. The van der Waals surface area contributed by atoms with Crippen LogP contribution in [0.25, 0.3) is 0 Å². The van der Waals surface area contributed by atoms with E-state index >= 15 is 0 Å². The van der Waals surface area contributed by atoms with E-state index in [4.69, 9.17) is 18.0 Å². The van der Waals surface area contributed by atoms with Crippen molar-refractivity contribution in [1.29, 1.82) is 0 Å². The van der Waals surface area contributed by atoms with Gasteiger partial charge in [-0.15, -0.1) is 0 Å². The molecule has 96 valence electrons. The van der Waals surface area contributed by atoms with Crippen molar-refractivity contribution in [3.05, 3.63) is 0 Å². The molecule has 1 heterocycles. The van der Waals surface area contributed by atoms with Crippen molar-refractivity contribution in [3.63, 3.8) is 0 Å². The zero-order chi connectivity index (χ0) is 11.9. The summed E-state index contributed by atoms with van der Waals surface area (Å²) < 4.78 is 21.9. The summed E-state index contributed by atoms with van der Waals surface area (Å²) in [6.45, 7) is 3.81. The predicted octanol–water partition coefficient (Wildman–Crippen LogP) is 2.21. The molecular formula is C11H24O4Si. The summed E-state index contributed by atoms with van der Waals surface area (Å²) in [6.07, 6.45) is 4.94. The lowest BCUT2D eigenvalue weighted by atomic mass is 10.2. The monoisotopic (exact) mass is 248 g/mol. The van der Waals surface area contributed by atoms with Crippen molar-refractivity contribution >= 4 is 8.80 Å². The highest BCUT2D eigenvalue weighted by Gasteiger charge is 2.37. The molecule has 16 heavy (non-hydrogen) atoms. The van der Waals surface area contributed by atoms with Crippen LogP contribution in [0.5, 0.6) is 0 Å². The molecule has 1 unspecified atom stereocenters. The Morgan fingerprint density at radius 1 is 1.25 bits per heavy atom. The van der Waals surface area contributed by atoms with Crippen LogP contribution < -0.4 is 0 Å². The van der Waals surface area contributed by atoms with Crippen LogP contribution in [-0.2, 0) is 18.0 Å². The van der Waals surface area contributed by atoms with E-state index in [0.717, 1.165) is 44.9 Å². The topological polar surface area (TPSA) is 40.2 Å². The highest BCUT2D eigenvalue weighted by Crippen LogP contribution is 2.19. The molecule has 0 saturated carbocycles. The first kappa shape index (κ1) is 14.1. The Morgan fingerprint density at radius 2 is 1.94 bits per heavy atom. The van der Waals surface area contributed by atoms with Crippen LogP contribution in [0.4, 0.5) is 0 Å². The highest BCUT2D eigenvalue weighted by atomic mass is 28.4. The van der Waals surface area contributed by atoms with Gasteiger partial charge in [0.2, 0.25) is 0 Å². The van der Waals surface area contributed by atoms with Crippen LogP contribution in [0, 0.1) is 0 Å². The average Bonchev–Trinajstić information content (AvgIpc) is 3.11. The second kappa shape index (κ2) is 7.40. The Bertz CT molecular complexity index is 181. The molecule has 0 aliphatic carbocycles. The molecule has 0 N–H and O–H groups in total. The van der Waals surface area contributed by atoms with Crippen molar-refractivity contribution in [2.45, 2.75) is 44.8 Å². The normalized spacial score (nSPS) is 20.1. The van der Waals surface area contributed by atoms with Gasteiger partial charge in [0.1, 0.15) is 0 Å². The molecule has 1 rings (SSSR count). The van der Waals surface area contributed by atoms with Gasteiger partial charge in [0, 0.05) is 26.9 Å². The minimum absolute atomic E-state index is 0.530. The second-order valence-electron chi connectivity index (χ2n) is 4.14. The number of hydrogen-bond donors (Lipinski definition) is 0. The molecule has 1 fully saturated rings. The number of unbranched alkanes of at least 4 members (excludes halogenated alkanes) is 1. The fourth-order valence-electron chi connectivity index (χ4n) is 1.72. The second-order valence-corrected chi connectivity index (χ2v) is 7.11. The van der Waals surface area contributed by atoms with E-state index in [9.17, 15) is 0 Å². The molecule has 0 amide bonds. The van der Waals surface area contributed by atoms with Gasteiger partial charge in [0.15, 0.2) is 0 Å². The summed E-state index contributed by atoms with van der Waals surface area (Å²) in [5, 5.41) is 0. The van der Waals surface area contributed by atoms with Gasteiger partial charge in [-0.1, -0.05) is 13.3 Å². The zero-order valence-corrected chi connectivity index (χ0v) is 11.7. The summed E-state index contributed by atoms with van der Waals surface area (Å²) in [5.41, 5.74) is 0. The number of epoxide rings is 1. The van der Waals surface area contributed by atoms with E-state index in [0.29, 0.717) is 6.10 Å². The van der Waals surface area contributed by atoms with Gasteiger partial charge in [0.25, 0.3) is 0 Å². The molecule has 0 aromatic rings.